The van der Waals surface area contributed by atoms with Crippen molar-refractivity contribution >= 4 is 11.6 Å². The van der Waals surface area contributed by atoms with E-state index in [1.54, 1.807) is 18.4 Å². The Labute approximate surface area is 211 Å². The van der Waals surface area contributed by atoms with E-state index in [4.69, 9.17) is 19.9 Å². The van der Waals surface area contributed by atoms with E-state index in [9.17, 15) is 4.79 Å². The molecule has 36 heavy (non-hydrogen) atoms. The molecule has 7 heteroatoms. The smallest absolute Gasteiger partial charge is 0.250 e. The van der Waals surface area contributed by atoms with E-state index in [1.807, 2.05) is 6.07 Å². The molecule has 1 aliphatic heterocycles. The predicted octanol–water partition coefficient (Wildman–Crippen LogP) is 5.13. The number of aromatic nitrogens is 1. The van der Waals surface area contributed by atoms with Crippen LogP contribution in [0.5, 0.6) is 11.6 Å². The number of rotatable bonds is 9. The Morgan fingerprint density at radius 1 is 1.17 bits per heavy atom. The molecule has 5 rings (SSSR count). The summed E-state index contributed by atoms with van der Waals surface area (Å²) in [5.41, 5.74) is 10.8. The van der Waals surface area contributed by atoms with Gasteiger partial charge in [0.05, 0.1) is 5.56 Å². The molecule has 2 N–H and O–H groups in total. The highest BCUT2D eigenvalue weighted by Crippen LogP contribution is 2.34. The van der Waals surface area contributed by atoms with Gasteiger partial charge in [-0.1, -0.05) is 25.1 Å². The number of anilines is 1. The topological polar surface area (TPSA) is 86.9 Å². The van der Waals surface area contributed by atoms with Gasteiger partial charge in [-0.25, -0.2) is 4.98 Å². The molecule has 2 aliphatic rings. The number of pyridine rings is 1. The van der Waals surface area contributed by atoms with Gasteiger partial charge >= 0.3 is 0 Å². The van der Waals surface area contributed by atoms with E-state index in [1.165, 1.54) is 28.6 Å². The molecule has 0 fully saturated rings. The normalized spacial score (nSPS) is 16.9. The fourth-order valence-corrected chi connectivity index (χ4v) is 4.96. The second-order valence-corrected chi connectivity index (χ2v) is 9.66. The summed E-state index contributed by atoms with van der Waals surface area (Å²) in [7, 11) is 0. The van der Waals surface area contributed by atoms with Crippen LogP contribution in [-0.4, -0.2) is 30.3 Å². The van der Waals surface area contributed by atoms with Crippen molar-refractivity contribution in [2.45, 2.75) is 39.2 Å². The summed E-state index contributed by atoms with van der Waals surface area (Å²) in [4.78, 5) is 18.0. The van der Waals surface area contributed by atoms with Crippen molar-refractivity contribution in [3.8, 4) is 11.6 Å². The van der Waals surface area contributed by atoms with Crippen LogP contribution in [0.3, 0.4) is 0 Å². The number of primary amides is 1. The molecule has 0 spiro atoms. The van der Waals surface area contributed by atoms with E-state index in [2.05, 4.69) is 60.1 Å². The van der Waals surface area contributed by atoms with Crippen molar-refractivity contribution < 1.29 is 19.0 Å². The Hall–Kier alpha value is -4.00. The number of amides is 1. The molecule has 1 aromatic heterocycles. The Morgan fingerprint density at radius 3 is 2.75 bits per heavy atom. The quantitative estimate of drug-likeness (QED) is 0.452. The molecule has 2 aromatic carbocycles. The first-order valence-electron chi connectivity index (χ1n) is 12.3. The van der Waals surface area contributed by atoms with Crippen LogP contribution < -0.4 is 15.4 Å². The van der Waals surface area contributed by atoms with Gasteiger partial charge in [0, 0.05) is 37.0 Å². The fourth-order valence-electron chi connectivity index (χ4n) is 4.96. The van der Waals surface area contributed by atoms with Crippen molar-refractivity contribution in [1.29, 1.82) is 0 Å². The first-order chi connectivity index (χ1) is 17.4. The Kier molecular flexibility index (Phi) is 6.80. The molecule has 0 radical (unpaired) electrons. The summed E-state index contributed by atoms with van der Waals surface area (Å²) in [5, 5.41) is 0. The minimum Gasteiger partial charge on any atom is -0.462 e. The van der Waals surface area contributed by atoms with E-state index < -0.39 is 5.91 Å². The molecular weight excluding hydrogens is 454 g/mol. The second kappa shape index (κ2) is 10.3. The number of aryl methyl sites for hydroxylation is 1. The zero-order valence-corrected chi connectivity index (χ0v) is 20.6. The molecule has 186 valence electrons. The summed E-state index contributed by atoms with van der Waals surface area (Å²) in [6, 6.07) is 18.6. The molecule has 2 atom stereocenters. The van der Waals surface area contributed by atoms with E-state index in [-0.39, 0.29) is 0 Å². The van der Waals surface area contributed by atoms with Crippen molar-refractivity contribution in [3.63, 3.8) is 0 Å². The zero-order chi connectivity index (χ0) is 25.1. The molecule has 2 unspecified atom stereocenters. The van der Waals surface area contributed by atoms with Crippen LogP contribution in [0.4, 0.5) is 5.69 Å². The largest absolute Gasteiger partial charge is 0.462 e. The Morgan fingerprint density at radius 2 is 2.03 bits per heavy atom. The summed E-state index contributed by atoms with van der Waals surface area (Å²) in [6.07, 6.45) is 5.92. The number of ether oxygens (including phenoxy) is 3. The number of hydrogen-bond acceptors (Lipinski definition) is 6. The van der Waals surface area contributed by atoms with Gasteiger partial charge in [-0.15, -0.1) is 0 Å². The van der Waals surface area contributed by atoms with Crippen molar-refractivity contribution in [2.75, 3.05) is 18.2 Å². The van der Waals surface area contributed by atoms with Crippen molar-refractivity contribution in [2.24, 2.45) is 11.7 Å². The second-order valence-electron chi connectivity index (χ2n) is 9.66. The van der Waals surface area contributed by atoms with Gasteiger partial charge < -0.3 is 24.8 Å². The molecule has 2 heterocycles. The van der Waals surface area contributed by atoms with Gasteiger partial charge in [0.15, 0.2) is 0 Å². The van der Waals surface area contributed by atoms with Crippen molar-refractivity contribution in [1.82, 2.24) is 4.98 Å². The average Bonchev–Trinajstić information content (AvgIpc) is 3.52. The number of carbonyl (C=O) groups excluding carboxylic acids is 1. The van der Waals surface area contributed by atoms with Gasteiger partial charge in [0.2, 0.25) is 18.6 Å². The zero-order valence-electron chi connectivity index (χ0n) is 20.6. The van der Waals surface area contributed by atoms with Gasteiger partial charge in [-0.05, 0) is 72.7 Å². The lowest BCUT2D eigenvalue weighted by molar-refractivity contribution is 0.0760. The van der Waals surface area contributed by atoms with Crippen LogP contribution in [0.1, 0.15) is 40.4 Å². The molecular formula is C29H31N3O4. The lowest BCUT2D eigenvalue weighted by Gasteiger charge is -2.34. The maximum absolute atomic E-state index is 11.3. The highest BCUT2D eigenvalue weighted by Gasteiger charge is 2.29. The van der Waals surface area contributed by atoms with Gasteiger partial charge in [0.1, 0.15) is 17.8 Å². The minimum absolute atomic E-state index is 0.316. The Bertz CT molecular complexity index is 1270. The maximum Gasteiger partial charge on any atom is 0.250 e. The van der Waals surface area contributed by atoms with E-state index in [0.717, 1.165) is 37.3 Å². The third-order valence-corrected chi connectivity index (χ3v) is 6.69. The number of fused-ring (bicyclic) bond motifs is 1. The van der Waals surface area contributed by atoms with Crippen molar-refractivity contribution in [3.05, 3.63) is 95.1 Å². The van der Waals surface area contributed by atoms with Crippen LogP contribution in [0.25, 0.3) is 0 Å². The third-order valence-electron chi connectivity index (χ3n) is 6.69. The highest BCUT2D eigenvalue weighted by atomic mass is 16.7. The monoisotopic (exact) mass is 485 g/mol. The van der Waals surface area contributed by atoms with Crippen LogP contribution in [0.15, 0.2) is 72.8 Å². The molecule has 0 saturated heterocycles. The van der Waals surface area contributed by atoms with Gasteiger partial charge in [0.25, 0.3) is 0 Å². The first-order valence-corrected chi connectivity index (χ1v) is 12.3. The lowest BCUT2D eigenvalue weighted by atomic mass is 10.0. The third kappa shape index (κ3) is 5.46. The number of nitrogens with two attached hydrogens (primary N) is 1. The van der Waals surface area contributed by atoms with Gasteiger partial charge in [-0.3, -0.25) is 4.79 Å². The molecule has 0 saturated carbocycles. The summed E-state index contributed by atoms with van der Waals surface area (Å²) >= 11 is 0. The SMILES string of the molecule is Cc1cccc(N(CC(C)CC2=COCO2)C2Cc3ccc(Oc4ccc(C(N)=O)cn4)cc3C2)c1. The number of carbonyl (C=O) groups is 1. The number of allylic oxidation sites excluding steroid dienone is 1. The molecule has 7 nitrogen and oxygen atoms in total. The van der Waals surface area contributed by atoms with E-state index >= 15 is 0 Å². The average molecular weight is 486 g/mol. The first kappa shape index (κ1) is 23.7. The molecule has 0 bridgehead atoms. The number of benzene rings is 2. The number of nitrogens with zero attached hydrogens (tertiary/aromatic N) is 2. The number of hydrogen-bond donors (Lipinski definition) is 1. The van der Waals surface area contributed by atoms with Gasteiger partial charge in [-0.2, -0.15) is 0 Å². The van der Waals surface area contributed by atoms with Crippen LogP contribution in [-0.2, 0) is 22.3 Å². The van der Waals surface area contributed by atoms with Crippen LogP contribution in [0, 0.1) is 12.8 Å². The highest BCUT2D eigenvalue weighted by molar-refractivity contribution is 5.92. The molecule has 1 aliphatic carbocycles. The molecule has 1 amide bonds. The lowest BCUT2D eigenvalue weighted by Crippen LogP contribution is -2.39. The maximum atomic E-state index is 11.3. The van der Waals surface area contributed by atoms with E-state index in [0.29, 0.717) is 30.2 Å². The standard InChI is InChI=1S/C29H31N3O4/c1-19-4-3-5-24(10-19)32(16-20(2)11-27-17-34-18-35-27)25-12-21-6-8-26(14-23(21)13-25)36-28-9-7-22(15-31-28)29(30)33/h3-10,14-15,17,20,25H,11-13,16,18H2,1-2H3,(H2,30,33). The summed E-state index contributed by atoms with van der Waals surface area (Å²) < 4.78 is 16.8. The van der Waals surface area contributed by atoms with Crippen LogP contribution in [0.2, 0.25) is 0 Å². The minimum atomic E-state index is -0.508. The summed E-state index contributed by atoms with van der Waals surface area (Å²) in [5.74, 6) is 1.97. The molecule has 3 aromatic rings. The fraction of sp³-hybridized carbons (Fsp3) is 0.310. The predicted molar refractivity (Wildman–Crippen MR) is 138 cm³/mol. The summed E-state index contributed by atoms with van der Waals surface area (Å²) in [6.45, 7) is 5.63. The Balaban J connectivity index is 1.32. The van der Waals surface area contributed by atoms with Crippen LogP contribution >= 0.6 is 0 Å².